The minimum atomic E-state index is -0.542. The second-order valence-corrected chi connectivity index (χ2v) is 3.23. The molecule has 0 bridgehead atoms. The predicted octanol–water partition coefficient (Wildman–Crippen LogP) is 0.886. The number of hydrogen-bond donors (Lipinski definition) is 1. The summed E-state index contributed by atoms with van der Waals surface area (Å²) in [5.74, 6) is -0.542. The normalized spacial score (nSPS) is 19.3. The highest BCUT2D eigenvalue weighted by Gasteiger charge is 2.30. The molecule has 1 aliphatic heterocycles. The van der Waals surface area contributed by atoms with Crippen LogP contribution in [0.1, 0.15) is 20.3 Å². The molecule has 5 heteroatoms. The summed E-state index contributed by atoms with van der Waals surface area (Å²) in [5.41, 5.74) is 0. The molecule has 1 fully saturated rings. The van der Waals surface area contributed by atoms with Gasteiger partial charge >= 0.3 is 6.09 Å². The number of alkyl carbamates (subject to hydrolysis) is 1. The van der Waals surface area contributed by atoms with Crippen LogP contribution >= 0.6 is 0 Å². The maximum Gasteiger partial charge on any atom is 0.407 e. The van der Waals surface area contributed by atoms with Gasteiger partial charge in [-0.3, -0.25) is 0 Å². The van der Waals surface area contributed by atoms with E-state index in [9.17, 15) is 4.79 Å². The number of rotatable bonds is 4. The highest BCUT2D eigenvalue weighted by Crippen LogP contribution is 2.21. The van der Waals surface area contributed by atoms with E-state index >= 15 is 0 Å². The van der Waals surface area contributed by atoms with Crippen molar-refractivity contribution in [2.24, 2.45) is 0 Å². The van der Waals surface area contributed by atoms with Gasteiger partial charge in [0.1, 0.15) is 0 Å². The largest absolute Gasteiger partial charge is 0.450 e. The van der Waals surface area contributed by atoms with Crippen LogP contribution in [0.15, 0.2) is 0 Å². The van der Waals surface area contributed by atoms with E-state index in [0.717, 1.165) is 0 Å². The van der Waals surface area contributed by atoms with E-state index in [-0.39, 0.29) is 0 Å². The topological polar surface area (TPSA) is 56.8 Å². The lowest BCUT2D eigenvalue weighted by molar-refractivity contribution is -0.145. The minimum absolute atomic E-state index is 0.385. The number of carbonyl (C=O) groups is 1. The first-order chi connectivity index (χ1) is 6.66. The average Bonchev–Trinajstić information content (AvgIpc) is 2.53. The summed E-state index contributed by atoms with van der Waals surface area (Å²) < 4.78 is 15.4. The van der Waals surface area contributed by atoms with Crippen molar-refractivity contribution in [2.75, 3.05) is 26.4 Å². The van der Waals surface area contributed by atoms with Gasteiger partial charge in [0.25, 0.3) is 0 Å². The van der Waals surface area contributed by atoms with Crippen LogP contribution in [0.4, 0.5) is 4.79 Å². The van der Waals surface area contributed by atoms with Crippen LogP contribution in [0.2, 0.25) is 0 Å². The van der Waals surface area contributed by atoms with Gasteiger partial charge < -0.3 is 19.5 Å². The summed E-state index contributed by atoms with van der Waals surface area (Å²) in [4.78, 5) is 10.9. The molecule has 1 aliphatic rings. The molecule has 0 unspecified atom stereocenters. The maximum absolute atomic E-state index is 10.9. The van der Waals surface area contributed by atoms with Gasteiger partial charge in [-0.1, -0.05) is 0 Å². The number of nitrogens with one attached hydrogen (secondary N) is 1. The van der Waals surface area contributed by atoms with Crippen LogP contribution in [0.5, 0.6) is 0 Å². The second kappa shape index (κ2) is 5.17. The smallest absolute Gasteiger partial charge is 0.407 e. The first-order valence-electron chi connectivity index (χ1n) is 4.85. The molecule has 1 saturated heterocycles. The summed E-state index contributed by atoms with van der Waals surface area (Å²) in [6.45, 7) is 5.76. The Labute approximate surface area is 83.7 Å². The van der Waals surface area contributed by atoms with Gasteiger partial charge in [-0.05, 0) is 13.8 Å². The van der Waals surface area contributed by atoms with E-state index in [2.05, 4.69) is 5.32 Å². The molecule has 1 N–H and O–H groups in total. The molecule has 1 heterocycles. The van der Waals surface area contributed by atoms with Gasteiger partial charge in [-0.15, -0.1) is 0 Å². The van der Waals surface area contributed by atoms with Gasteiger partial charge in [0.05, 0.1) is 19.8 Å². The zero-order valence-corrected chi connectivity index (χ0v) is 8.67. The third-order valence-electron chi connectivity index (χ3n) is 2.02. The van der Waals surface area contributed by atoms with Crippen LogP contribution in [0.25, 0.3) is 0 Å². The lowest BCUT2D eigenvalue weighted by atomic mass is 10.2. The zero-order chi connectivity index (χ0) is 10.4. The minimum Gasteiger partial charge on any atom is -0.450 e. The molecular weight excluding hydrogens is 186 g/mol. The molecule has 0 radical (unpaired) electrons. The number of hydrogen-bond acceptors (Lipinski definition) is 4. The van der Waals surface area contributed by atoms with Crippen molar-refractivity contribution >= 4 is 6.09 Å². The van der Waals surface area contributed by atoms with E-state index in [0.29, 0.717) is 32.8 Å². The summed E-state index contributed by atoms with van der Waals surface area (Å²) in [7, 11) is 0. The van der Waals surface area contributed by atoms with Crippen molar-refractivity contribution < 1.29 is 19.0 Å². The molecule has 0 spiro atoms. The van der Waals surface area contributed by atoms with Crippen LogP contribution in [-0.4, -0.2) is 38.2 Å². The quantitative estimate of drug-likeness (QED) is 0.737. The average molecular weight is 203 g/mol. The monoisotopic (exact) mass is 203 g/mol. The van der Waals surface area contributed by atoms with E-state index in [1.165, 1.54) is 0 Å². The summed E-state index contributed by atoms with van der Waals surface area (Å²) >= 11 is 0. The lowest BCUT2D eigenvalue weighted by Crippen LogP contribution is -2.33. The summed E-state index contributed by atoms with van der Waals surface area (Å²) in [6, 6.07) is 0. The van der Waals surface area contributed by atoms with Gasteiger partial charge in [0.2, 0.25) is 0 Å². The van der Waals surface area contributed by atoms with Crippen LogP contribution in [0.3, 0.4) is 0 Å². The molecule has 5 nitrogen and oxygen atoms in total. The van der Waals surface area contributed by atoms with Crippen molar-refractivity contribution in [3.8, 4) is 0 Å². The molecule has 0 aromatic heterocycles. The molecule has 0 aromatic rings. The molecular formula is C9H17NO4. The van der Waals surface area contributed by atoms with E-state index in [1.54, 1.807) is 6.92 Å². The van der Waals surface area contributed by atoms with Crippen molar-refractivity contribution in [1.29, 1.82) is 0 Å². The fraction of sp³-hybridized carbons (Fsp3) is 0.889. The number of ether oxygens (including phenoxy) is 3. The van der Waals surface area contributed by atoms with Gasteiger partial charge in [-0.25, -0.2) is 4.79 Å². The first-order valence-corrected chi connectivity index (χ1v) is 4.85. The van der Waals surface area contributed by atoms with Crippen LogP contribution in [-0.2, 0) is 14.2 Å². The van der Waals surface area contributed by atoms with E-state index < -0.39 is 11.9 Å². The van der Waals surface area contributed by atoms with Crippen molar-refractivity contribution in [1.82, 2.24) is 5.32 Å². The number of carbonyl (C=O) groups excluding carboxylic acids is 1. The molecule has 0 atom stereocenters. The fourth-order valence-electron chi connectivity index (χ4n) is 1.27. The molecule has 14 heavy (non-hydrogen) atoms. The third kappa shape index (κ3) is 3.51. The van der Waals surface area contributed by atoms with Gasteiger partial charge in [0, 0.05) is 13.0 Å². The van der Waals surface area contributed by atoms with Crippen molar-refractivity contribution in [2.45, 2.75) is 26.1 Å². The Morgan fingerprint density at radius 3 is 2.71 bits per heavy atom. The fourth-order valence-corrected chi connectivity index (χ4v) is 1.27. The van der Waals surface area contributed by atoms with E-state index in [4.69, 9.17) is 14.2 Å². The molecule has 1 amide bonds. The van der Waals surface area contributed by atoms with Gasteiger partial charge in [0.15, 0.2) is 5.79 Å². The maximum atomic E-state index is 10.9. The molecule has 0 aromatic carbocycles. The first kappa shape index (κ1) is 11.3. The second-order valence-electron chi connectivity index (χ2n) is 3.23. The zero-order valence-electron chi connectivity index (χ0n) is 8.67. The molecule has 1 rings (SSSR count). The predicted molar refractivity (Wildman–Crippen MR) is 50.0 cm³/mol. The van der Waals surface area contributed by atoms with Crippen LogP contribution in [0, 0.1) is 0 Å². The molecule has 0 saturated carbocycles. The Morgan fingerprint density at radius 1 is 1.50 bits per heavy atom. The Hall–Kier alpha value is -0.810. The Morgan fingerprint density at radius 2 is 2.14 bits per heavy atom. The standard InChI is InChI=1S/C9H17NO4/c1-3-12-8(11)10-5-4-9(2)13-6-7-14-9/h3-7H2,1-2H3,(H,10,11). The third-order valence-corrected chi connectivity index (χ3v) is 2.02. The number of amides is 1. The lowest BCUT2D eigenvalue weighted by Gasteiger charge is -2.21. The Bertz CT molecular complexity index is 189. The van der Waals surface area contributed by atoms with E-state index in [1.807, 2.05) is 6.92 Å². The molecule has 82 valence electrons. The molecule has 0 aliphatic carbocycles. The summed E-state index contributed by atoms with van der Waals surface area (Å²) in [6.07, 6.45) is 0.236. The SMILES string of the molecule is CCOC(=O)NCCC1(C)OCCO1. The highest BCUT2D eigenvalue weighted by molar-refractivity contribution is 5.66. The Kier molecular flexibility index (Phi) is 4.16. The van der Waals surface area contributed by atoms with Gasteiger partial charge in [-0.2, -0.15) is 0 Å². The van der Waals surface area contributed by atoms with Crippen LogP contribution < -0.4 is 5.32 Å². The highest BCUT2D eigenvalue weighted by atomic mass is 16.7. The Balaban J connectivity index is 2.11. The van der Waals surface area contributed by atoms with Crippen molar-refractivity contribution in [3.63, 3.8) is 0 Å². The van der Waals surface area contributed by atoms with Crippen molar-refractivity contribution in [3.05, 3.63) is 0 Å². The summed E-state index contributed by atoms with van der Waals surface area (Å²) in [5, 5.41) is 2.61.